The Morgan fingerprint density at radius 2 is 1.80 bits per heavy atom. The van der Waals surface area contributed by atoms with Crippen molar-refractivity contribution in [2.75, 3.05) is 32.8 Å². The van der Waals surface area contributed by atoms with Crippen LogP contribution in [0.2, 0.25) is 0 Å². The Kier molecular flexibility index (Phi) is 6.38. The summed E-state index contributed by atoms with van der Waals surface area (Å²) < 4.78 is 4.96. The van der Waals surface area contributed by atoms with E-state index in [-0.39, 0.29) is 17.9 Å². The summed E-state index contributed by atoms with van der Waals surface area (Å²) in [6.45, 7) is 7.41. The number of hydrogen-bond acceptors (Lipinski definition) is 4. The van der Waals surface area contributed by atoms with E-state index in [4.69, 9.17) is 4.74 Å². The van der Waals surface area contributed by atoms with Gasteiger partial charge < -0.3 is 19.9 Å². The van der Waals surface area contributed by atoms with Gasteiger partial charge in [-0.15, -0.1) is 0 Å². The van der Waals surface area contributed by atoms with E-state index in [0.717, 1.165) is 5.56 Å². The SMILES string of the molecule is CCOC(=O)N1CCN(C(=O)[C@H](C)NC(=O)c2cccc(C)c2)CC1. The lowest BCUT2D eigenvalue weighted by Crippen LogP contribution is -2.55. The van der Waals surface area contributed by atoms with Crippen molar-refractivity contribution in [3.05, 3.63) is 35.4 Å². The molecular weight excluding hydrogens is 322 g/mol. The lowest BCUT2D eigenvalue weighted by Gasteiger charge is -2.35. The van der Waals surface area contributed by atoms with Crippen LogP contribution in [0.5, 0.6) is 0 Å². The number of nitrogens with one attached hydrogen (secondary N) is 1. The number of carbonyl (C=O) groups is 3. The maximum absolute atomic E-state index is 12.5. The van der Waals surface area contributed by atoms with Crippen LogP contribution in [-0.4, -0.2) is 66.5 Å². The molecule has 0 spiro atoms. The van der Waals surface area contributed by atoms with Crippen LogP contribution >= 0.6 is 0 Å². The molecule has 1 atom stereocenters. The van der Waals surface area contributed by atoms with E-state index < -0.39 is 6.04 Å². The minimum atomic E-state index is -0.623. The van der Waals surface area contributed by atoms with E-state index >= 15 is 0 Å². The van der Waals surface area contributed by atoms with Crippen LogP contribution in [0.15, 0.2) is 24.3 Å². The molecule has 1 N–H and O–H groups in total. The molecule has 2 rings (SSSR count). The number of benzene rings is 1. The molecule has 7 heteroatoms. The van der Waals surface area contributed by atoms with Crippen LogP contribution in [0, 0.1) is 6.92 Å². The Hall–Kier alpha value is -2.57. The Bertz CT molecular complexity index is 639. The summed E-state index contributed by atoms with van der Waals surface area (Å²) in [5, 5.41) is 2.74. The van der Waals surface area contributed by atoms with Crippen molar-refractivity contribution in [1.29, 1.82) is 0 Å². The van der Waals surface area contributed by atoms with Crippen molar-refractivity contribution < 1.29 is 19.1 Å². The molecule has 25 heavy (non-hydrogen) atoms. The highest BCUT2D eigenvalue weighted by atomic mass is 16.6. The van der Waals surface area contributed by atoms with Crippen molar-refractivity contribution in [3.8, 4) is 0 Å². The topological polar surface area (TPSA) is 79.0 Å². The third-order valence-corrected chi connectivity index (χ3v) is 4.12. The van der Waals surface area contributed by atoms with Gasteiger partial charge in [0.1, 0.15) is 6.04 Å². The van der Waals surface area contributed by atoms with Gasteiger partial charge in [0.25, 0.3) is 5.91 Å². The number of piperazine rings is 1. The number of hydrogen-bond donors (Lipinski definition) is 1. The molecule has 1 aliphatic rings. The van der Waals surface area contributed by atoms with Gasteiger partial charge in [0.05, 0.1) is 6.61 Å². The predicted octanol–water partition coefficient (Wildman–Crippen LogP) is 1.41. The summed E-state index contributed by atoms with van der Waals surface area (Å²) in [4.78, 5) is 39.7. The van der Waals surface area contributed by atoms with Gasteiger partial charge in [0, 0.05) is 31.7 Å². The highest BCUT2D eigenvalue weighted by molar-refractivity contribution is 5.97. The number of amides is 3. The van der Waals surface area contributed by atoms with Crippen molar-refractivity contribution in [3.63, 3.8) is 0 Å². The second-order valence-corrected chi connectivity index (χ2v) is 6.08. The summed E-state index contributed by atoms with van der Waals surface area (Å²) >= 11 is 0. The molecule has 0 aromatic heterocycles. The van der Waals surface area contributed by atoms with Gasteiger partial charge in [-0.25, -0.2) is 4.79 Å². The molecule has 7 nitrogen and oxygen atoms in total. The van der Waals surface area contributed by atoms with E-state index in [1.807, 2.05) is 19.1 Å². The molecule has 1 fully saturated rings. The maximum Gasteiger partial charge on any atom is 0.409 e. The standard InChI is InChI=1S/C18H25N3O4/c1-4-25-18(24)21-10-8-20(9-11-21)17(23)14(3)19-16(22)15-7-5-6-13(2)12-15/h5-7,12,14H,4,8-11H2,1-3H3,(H,19,22)/t14-/m0/s1. The van der Waals surface area contributed by atoms with Crippen molar-refractivity contribution in [2.24, 2.45) is 0 Å². The molecule has 136 valence electrons. The van der Waals surface area contributed by atoms with Crippen molar-refractivity contribution >= 4 is 17.9 Å². The van der Waals surface area contributed by atoms with Crippen LogP contribution < -0.4 is 5.32 Å². The molecule has 0 aliphatic carbocycles. The van der Waals surface area contributed by atoms with Gasteiger partial charge in [-0.05, 0) is 32.9 Å². The summed E-state index contributed by atoms with van der Waals surface area (Å²) in [5.74, 6) is -0.417. The smallest absolute Gasteiger partial charge is 0.409 e. The fourth-order valence-corrected chi connectivity index (χ4v) is 2.73. The van der Waals surface area contributed by atoms with Crippen molar-refractivity contribution in [2.45, 2.75) is 26.8 Å². The average molecular weight is 347 g/mol. The fourth-order valence-electron chi connectivity index (χ4n) is 2.73. The van der Waals surface area contributed by atoms with E-state index in [1.165, 1.54) is 0 Å². The van der Waals surface area contributed by atoms with Crippen molar-refractivity contribution in [1.82, 2.24) is 15.1 Å². The molecule has 0 saturated carbocycles. The van der Waals surface area contributed by atoms with Gasteiger partial charge in [-0.2, -0.15) is 0 Å². The van der Waals surface area contributed by atoms with Gasteiger partial charge in [-0.3, -0.25) is 9.59 Å². The third kappa shape index (κ3) is 4.95. The van der Waals surface area contributed by atoms with Gasteiger partial charge in [-0.1, -0.05) is 17.7 Å². The van der Waals surface area contributed by atoms with Gasteiger partial charge in [0.2, 0.25) is 5.91 Å². The van der Waals surface area contributed by atoms with Gasteiger partial charge >= 0.3 is 6.09 Å². The Labute approximate surface area is 147 Å². The number of ether oxygens (including phenoxy) is 1. The van der Waals surface area contributed by atoms with Crippen LogP contribution in [0.4, 0.5) is 4.79 Å². The second-order valence-electron chi connectivity index (χ2n) is 6.08. The summed E-state index contributed by atoms with van der Waals surface area (Å²) in [7, 11) is 0. The number of aryl methyl sites for hydroxylation is 1. The zero-order chi connectivity index (χ0) is 18.4. The Morgan fingerprint density at radius 3 is 2.40 bits per heavy atom. The lowest BCUT2D eigenvalue weighted by molar-refractivity contribution is -0.134. The monoisotopic (exact) mass is 347 g/mol. The van der Waals surface area contributed by atoms with Crippen LogP contribution in [0.3, 0.4) is 0 Å². The molecule has 1 aliphatic heterocycles. The third-order valence-electron chi connectivity index (χ3n) is 4.12. The largest absolute Gasteiger partial charge is 0.450 e. The highest BCUT2D eigenvalue weighted by Crippen LogP contribution is 2.08. The average Bonchev–Trinajstić information content (AvgIpc) is 2.61. The van der Waals surface area contributed by atoms with Crippen LogP contribution in [0.25, 0.3) is 0 Å². The molecule has 1 saturated heterocycles. The van der Waals surface area contributed by atoms with E-state index in [1.54, 1.807) is 35.8 Å². The minimum Gasteiger partial charge on any atom is -0.450 e. The van der Waals surface area contributed by atoms with E-state index in [0.29, 0.717) is 38.3 Å². The quantitative estimate of drug-likeness (QED) is 0.893. The summed E-state index contributed by atoms with van der Waals surface area (Å²) in [6, 6.07) is 6.60. The number of rotatable bonds is 4. The summed E-state index contributed by atoms with van der Waals surface area (Å²) in [5.41, 5.74) is 1.52. The first-order chi connectivity index (χ1) is 11.9. The minimum absolute atomic E-state index is 0.149. The maximum atomic E-state index is 12.5. The van der Waals surface area contributed by atoms with Crippen LogP contribution in [-0.2, 0) is 9.53 Å². The number of nitrogens with zero attached hydrogens (tertiary/aromatic N) is 2. The van der Waals surface area contributed by atoms with Gasteiger partial charge in [0.15, 0.2) is 0 Å². The molecule has 1 aromatic rings. The lowest BCUT2D eigenvalue weighted by atomic mass is 10.1. The highest BCUT2D eigenvalue weighted by Gasteiger charge is 2.28. The molecule has 0 bridgehead atoms. The molecule has 3 amide bonds. The molecule has 1 aromatic carbocycles. The molecule has 1 heterocycles. The normalized spacial score (nSPS) is 15.5. The predicted molar refractivity (Wildman–Crippen MR) is 93.3 cm³/mol. The molecule has 0 unspecified atom stereocenters. The fraction of sp³-hybridized carbons (Fsp3) is 0.500. The first-order valence-electron chi connectivity index (χ1n) is 8.50. The summed E-state index contributed by atoms with van der Waals surface area (Å²) in [6.07, 6.45) is -0.351. The zero-order valence-corrected chi connectivity index (χ0v) is 14.9. The molecule has 0 radical (unpaired) electrons. The second kappa shape index (κ2) is 8.50. The number of carbonyl (C=O) groups excluding carboxylic acids is 3. The zero-order valence-electron chi connectivity index (χ0n) is 14.9. The first kappa shape index (κ1) is 18.8. The Balaban J connectivity index is 1.86. The first-order valence-corrected chi connectivity index (χ1v) is 8.50. The van der Waals surface area contributed by atoms with Crippen LogP contribution in [0.1, 0.15) is 29.8 Å². The van der Waals surface area contributed by atoms with E-state index in [9.17, 15) is 14.4 Å². The Morgan fingerprint density at radius 1 is 1.16 bits per heavy atom. The molecular formula is C18H25N3O4. The van der Waals surface area contributed by atoms with E-state index in [2.05, 4.69) is 5.32 Å².